The molecule has 0 fully saturated rings. The molecule has 3 aromatic rings. The van der Waals surface area contributed by atoms with Crippen molar-refractivity contribution in [2.75, 3.05) is 0 Å². The van der Waals surface area contributed by atoms with E-state index in [9.17, 15) is 4.79 Å². The van der Waals surface area contributed by atoms with E-state index in [0.29, 0.717) is 12.5 Å². The number of para-hydroxylation sites is 1. The summed E-state index contributed by atoms with van der Waals surface area (Å²) in [6.07, 6.45) is 10.6. The summed E-state index contributed by atoms with van der Waals surface area (Å²) in [4.78, 5) is 11.6. The Kier molecular flexibility index (Phi) is 10.6. The van der Waals surface area contributed by atoms with Crippen LogP contribution in [0.1, 0.15) is 65.3 Å². The molecule has 0 saturated carbocycles. The summed E-state index contributed by atoms with van der Waals surface area (Å²) in [5.74, 6) is 3.36. The molecule has 194 valence electrons. The zero-order valence-corrected chi connectivity index (χ0v) is 22.4. The van der Waals surface area contributed by atoms with Crippen molar-refractivity contribution >= 4 is 17.1 Å². The number of aromatic nitrogens is 1. The second kappa shape index (κ2) is 14.1. The first-order chi connectivity index (χ1) is 18.0. The molecule has 1 atom stereocenters. The first kappa shape index (κ1) is 27.8. The summed E-state index contributed by atoms with van der Waals surface area (Å²) in [6, 6.07) is 20.0. The molecule has 0 aliphatic rings. The number of carbonyl (C=O) groups is 1. The van der Waals surface area contributed by atoms with E-state index in [1.807, 2.05) is 60.7 Å². The van der Waals surface area contributed by atoms with Crippen molar-refractivity contribution < 1.29 is 14.3 Å². The van der Waals surface area contributed by atoms with E-state index in [1.54, 1.807) is 0 Å². The normalized spacial score (nSPS) is 13.4. The van der Waals surface area contributed by atoms with Crippen molar-refractivity contribution in [2.45, 2.75) is 65.3 Å². The fraction of sp³-hybridized carbons (Fsp3) is 0.303. The van der Waals surface area contributed by atoms with E-state index >= 15 is 0 Å². The Hall–Kier alpha value is -3.79. The highest BCUT2D eigenvalue weighted by Gasteiger charge is 2.14. The minimum absolute atomic E-state index is 0.114. The highest BCUT2D eigenvalue weighted by Crippen LogP contribution is 2.25. The van der Waals surface area contributed by atoms with Crippen LogP contribution < -0.4 is 20.0 Å². The van der Waals surface area contributed by atoms with Crippen molar-refractivity contribution in [1.29, 1.82) is 0 Å². The largest absolute Gasteiger partial charge is 0.460 e. The predicted octanol–water partition coefficient (Wildman–Crippen LogP) is 7.50. The Balaban J connectivity index is 1.91. The molecular formula is C33H39NO3. The first-order valence-corrected chi connectivity index (χ1v) is 13.2. The standard InChI is InChI=1S/C33H39NO3/c1-6-25(5)31-23-24-34(26(7-2)15-13-14-16-27(35)8-3)33(31)32(9-4)37-30-21-19-29(20-22-30)36-28-17-11-10-12-18-28/h6,8,10-12,17-24,26H,1,3,7,9,13-16H2,2,4-5H3/b31-25-,33-32-/t26-/m0/s1. The molecule has 37 heavy (non-hydrogen) atoms. The second-order valence-electron chi connectivity index (χ2n) is 9.12. The second-order valence-corrected chi connectivity index (χ2v) is 9.12. The number of ketones is 1. The van der Waals surface area contributed by atoms with Gasteiger partial charge in [0.25, 0.3) is 0 Å². The SMILES string of the molecule is C=CC(=O)CCCC[C@H](CC)n1ccc(=C(\C)C=C)/c1=C(\CC)Oc1ccc(Oc2ccccc2)cc1. The fourth-order valence-corrected chi connectivity index (χ4v) is 4.43. The topological polar surface area (TPSA) is 40.5 Å². The van der Waals surface area contributed by atoms with Gasteiger partial charge in [0.1, 0.15) is 23.0 Å². The molecule has 3 rings (SSSR count). The zero-order chi connectivity index (χ0) is 26.6. The van der Waals surface area contributed by atoms with Gasteiger partial charge in [0, 0.05) is 30.3 Å². The first-order valence-electron chi connectivity index (χ1n) is 13.2. The smallest absolute Gasteiger partial charge is 0.155 e. The van der Waals surface area contributed by atoms with Crippen LogP contribution in [0.5, 0.6) is 17.2 Å². The maximum absolute atomic E-state index is 11.6. The van der Waals surface area contributed by atoms with Crippen LogP contribution in [0.25, 0.3) is 11.3 Å². The Bertz CT molecular complexity index is 1300. The predicted molar refractivity (Wildman–Crippen MR) is 153 cm³/mol. The number of allylic oxidation sites excluding steroid dienone is 2. The Morgan fingerprint density at radius 2 is 1.59 bits per heavy atom. The quantitative estimate of drug-likeness (QED) is 0.171. The molecule has 0 unspecified atom stereocenters. The molecule has 0 aliphatic heterocycles. The summed E-state index contributed by atoms with van der Waals surface area (Å²) >= 11 is 0. The van der Waals surface area contributed by atoms with Crippen LogP contribution in [0.15, 0.2) is 92.2 Å². The van der Waals surface area contributed by atoms with Gasteiger partial charge >= 0.3 is 0 Å². The van der Waals surface area contributed by atoms with E-state index in [-0.39, 0.29) is 5.78 Å². The van der Waals surface area contributed by atoms with Crippen molar-refractivity contribution in [1.82, 2.24) is 4.57 Å². The van der Waals surface area contributed by atoms with Crippen LogP contribution >= 0.6 is 0 Å². The van der Waals surface area contributed by atoms with Crippen LogP contribution in [0.3, 0.4) is 0 Å². The Labute approximate surface area is 221 Å². The highest BCUT2D eigenvalue weighted by atomic mass is 16.5. The maximum Gasteiger partial charge on any atom is 0.155 e. The van der Waals surface area contributed by atoms with Crippen molar-refractivity contribution in [3.05, 3.63) is 103 Å². The van der Waals surface area contributed by atoms with Gasteiger partial charge in [-0.05, 0) is 80.3 Å². The van der Waals surface area contributed by atoms with Gasteiger partial charge in [-0.1, -0.05) is 57.7 Å². The van der Waals surface area contributed by atoms with Crippen molar-refractivity contribution in [2.24, 2.45) is 0 Å². The van der Waals surface area contributed by atoms with E-state index in [0.717, 1.165) is 71.3 Å². The lowest BCUT2D eigenvalue weighted by molar-refractivity contribution is -0.114. The third-order valence-corrected chi connectivity index (χ3v) is 6.58. The molecule has 4 nitrogen and oxygen atoms in total. The molecule has 0 radical (unpaired) electrons. The average Bonchev–Trinajstić information content (AvgIpc) is 3.37. The van der Waals surface area contributed by atoms with Gasteiger partial charge in [-0.3, -0.25) is 4.79 Å². The van der Waals surface area contributed by atoms with Crippen LogP contribution in [0.4, 0.5) is 0 Å². The summed E-state index contributed by atoms with van der Waals surface area (Å²) < 4.78 is 14.8. The molecule has 0 aliphatic carbocycles. The van der Waals surface area contributed by atoms with Crippen LogP contribution in [0, 0.1) is 0 Å². The van der Waals surface area contributed by atoms with Gasteiger partial charge in [-0.2, -0.15) is 0 Å². The summed E-state index contributed by atoms with van der Waals surface area (Å²) in [5, 5.41) is 2.23. The monoisotopic (exact) mass is 497 g/mol. The van der Waals surface area contributed by atoms with Gasteiger partial charge < -0.3 is 14.0 Å². The van der Waals surface area contributed by atoms with Gasteiger partial charge in [-0.15, -0.1) is 0 Å². The minimum Gasteiger partial charge on any atom is -0.460 e. The van der Waals surface area contributed by atoms with Gasteiger partial charge in [0.15, 0.2) is 5.78 Å². The summed E-state index contributed by atoms with van der Waals surface area (Å²) in [6.45, 7) is 14.0. The Morgan fingerprint density at radius 3 is 2.22 bits per heavy atom. The number of rotatable bonds is 14. The number of nitrogens with zero attached hydrogens (tertiary/aromatic N) is 1. The molecule has 0 amide bonds. The molecule has 1 aromatic heterocycles. The lowest BCUT2D eigenvalue weighted by atomic mass is 10.0. The van der Waals surface area contributed by atoms with E-state index in [1.165, 1.54) is 6.08 Å². The average molecular weight is 498 g/mol. The summed E-state index contributed by atoms with van der Waals surface area (Å²) in [5.41, 5.74) is 1.11. The van der Waals surface area contributed by atoms with Gasteiger partial charge in [-0.25, -0.2) is 0 Å². The number of carbonyl (C=O) groups excluding carboxylic acids is 1. The van der Waals surface area contributed by atoms with Gasteiger partial charge in [0.2, 0.25) is 0 Å². The van der Waals surface area contributed by atoms with E-state index < -0.39 is 0 Å². The molecule has 1 heterocycles. The molecule has 2 aromatic carbocycles. The van der Waals surface area contributed by atoms with Crippen molar-refractivity contribution in [3.63, 3.8) is 0 Å². The molecule has 0 saturated heterocycles. The fourth-order valence-electron chi connectivity index (χ4n) is 4.43. The number of ether oxygens (including phenoxy) is 2. The zero-order valence-electron chi connectivity index (χ0n) is 22.4. The molecular weight excluding hydrogens is 458 g/mol. The van der Waals surface area contributed by atoms with Crippen LogP contribution in [-0.2, 0) is 4.79 Å². The highest BCUT2D eigenvalue weighted by molar-refractivity contribution is 5.88. The number of hydrogen-bond acceptors (Lipinski definition) is 3. The third kappa shape index (κ3) is 7.60. The maximum atomic E-state index is 11.6. The molecule has 0 spiro atoms. The molecule has 0 N–H and O–H groups in total. The van der Waals surface area contributed by atoms with E-state index in [4.69, 9.17) is 9.47 Å². The lowest BCUT2D eigenvalue weighted by Gasteiger charge is -2.19. The molecule has 4 heteroatoms. The Morgan fingerprint density at radius 1 is 0.919 bits per heavy atom. The summed E-state index contributed by atoms with van der Waals surface area (Å²) in [7, 11) is 0. The minimum atomic E-state index is 0.114. The number of benzene rings is 2. The van der Waals surface area contributed by atoms with Gasteiger partial charge in [0.05, 0.1) is 5.35 Å². The number of unbranched alkanes of at least 4 members (excludes halogenated alkanes) is 1. The third-order valence-electron chi connectivity index (χ3n) is 6.58. The number of hydrogen-bond donors (Lipinski definition) is 0. The molecule has 0 bridgehead atoms. The van der Waals surface area contributed by atoms with Crippen LogP contribution in [0.2, 0.25) is 0 Å². The van der Waals surface area contributed by atoms with Crippen molar-refractivity contribution in [3.8, 4) is 17.2 Å². The lowest BCUT2D eigenvalue weighted by Crippen LogP contribution is -2.36. The van der Waals surface area contributed by atoms with Crippen LogP contribution in [-0.4, -0.2) is 10.4 Å². The van der Waals surface area contributed by atoms with E-state index in [2.05, 4.69) is 50.8 Å².